The van der Waals surface area contributed by atoms with Crippen LogP contribution in [0.3, 0.4) is 0 Å². The van der Waals surface area contributed by atoms with Gasteiger partial charge in [-0.1, -0.05) is 25.0 Å². The van der Waals surface area contributed by atoms with Crippen molar-refractivity contribution in [3.8, 4) is 11.3 Å². The predicted octanol–water partition coefficient (Wildman–Crippen LogP) is 3.40. The highest BCUT2D eigenvalue weighted by Gasteiger charge is 2.19. The van der Waals surface area contributed by atoms with Crippen molar-refractivity contribution in [1.82, 2.24) is 10.2 Å². The number of sulfonamides is 1. The number of hydrogen-bond donors (Lipinski definition) is 3. The van der Waals surface area contributed by atoms with Crippen molar-refractivity contribution >= 4 is 32.5 Å². The maximum absolute atomic E-state index is 12.3. The topological polar surface area (TPSA) is 118 Å². The van der Waals surface area contributed by atoms with Crippen molar-refractivity contribution in [1.29, 1.82) is 0 Å². The van der Waals surface area contributed by atoms with Crippen molar-refractivity contribution < 1.29 is 13.2 Å². The Balaban J connectivity index is 1.62. The molecule has 1 aliphatic carbocycles. The van der Waals surface area contributed by atoms with Crippen LogP contribution in [0.4, 0.5) is 5.69 Å². The van der Waals surface area contributed by atoms with E-state index >= 15 is 0 Å². The number of benzene rings is 2. The summed E-state index contributed by atoms with van der Waals surface area (Å²) in [5.74, 6) is 0.502. The van der Waals surface area contributed by atoms with Gasteiger partial charge in [0, 0.05) is 23.1 Å². The van der Waals surface area contributed by atoms with Gasteiger partial charge in [0.1, 0.15) is 5.69 Å². The van der Waals surface area contributed by atoms with Gasteiger partial charge in [-0.3, -0.25) is 9.89 Å². The molecule has 0 bridgehead atoms. The Kier molecular flexibility index (Phi) is 4.91. The van der Waals surface area contributed by atoms with Gasteiger partial charge in [-0.2, -0.15) is 5.10 Å². The van der Waals surface area contributed by atoms with Crippen LogP contribution in [-0.4, -0.2) is 24.5 Å². The fourth-order valence-corrected chi connectivity index (χ4v) is 4.38. The van der Waals surface area contributed by atoms with E-state index in [1.165, 1.54) is 25.0 Å². The molecule has 8 heteroatoms. The lowest BCUT2D eigenvalue weighted by atomic mass is 10.0. The number of hydrogen-bond acceptors (Lipinski definition) is 4. The monoisotopic (exact) mass is 398 g/mol. The summed E-state index contributed by atoms with van der Waals surface area (Å²) < 4.78 is 23.3. The summed E-state index contributed by atoms with van der Waals surface area (Å²) in [7, 11) is -3.80. The van der Waals surface area contributed by atoms with Gasteiger partial charge in [-0.15, -0.1) is 0 Å². The zero-order chi connectivity index (χ0) is 19.7. The number of nitrogens with one attached hydrogen (secondary N) is 2. The van der Waals surface area contributed by atoms with Crippen LogP contribution < -0.4 is 10.5 Å². The molecule has 146 valence electrons. The van der Waals surface area contributed by atoms with Crippen molar-refractivity contribution in [3.05, 3.63) is 42.5 Å². The molecule has 28 heavy (non-hydrogen) atoms. The summed E-state index contributed by atoms with van der Waals surface area (Å²) in [4.78, 5) is 12.4. The lowest BCUT2D eigenvalue weighted by Gasteiger charge is -2.10. The van der Waals surface area contributed by atoms with Crippen LogP contribution in [0.5, 0.6) is 0 Å². The first-order chi connectivity index (χ1) is 13.4. The van der Waals surface area contributed by atoms with E-state index in [2.05, 4.69) is 15.5 Å². The zero-order valence-corrected chi connectivity index (χ0v) is 16.1. The summed E-state index contributed by atoms with van der Waals surface area (Å²) in [6.45, 7) is 0. The molecule has 0 radical (unpaired) electrons. The van der Waals surface area contributed by atoms with E-state index in [-0.39, 0.29) is 10.8 Å². The van der Waals surface area contributed by atoms with E-state index < -0.39 is 10.0 Å². The standard InChI is InChI=1S/C20H22N4O3S/c21-28(26,27)16-7-3-6-14(11-16)20-17-12-15(8-9-18(17)23-24-20)22-19(25)10-13-4-1-2-5-13/h3,6-9,11-13H,1-2,4-5,10H2,(H,22,25)(H,23,24)(H2,21,26,27). The molecule has 3 aromatic rings. The largest absolute Gasteiger partial charge is 0.326 e. The molecule has 0 atom stereocenters. The van der Waals surface area contributed by atoms with E-state index in [0.29, 0.717) is 29.3 Å². The summed E-state index contributed by atoms with van der Waals surface area (Å²) >= 11 is 0. The second kappa shape index (κ2) is 7.37. The van der Waals surface area contributed by atoms with Gasteiger partial charge in [0.05, 0.1) is 10.4 Å². The van der Waals surface area contributed by atoms with Crippen LogP contribution in [0, 0.1) is 5.92 Å². The third-order valence-corrected chi connectivity index (χ3v) is 6.14. The number of aromatic nitrogens is 2. The zero-order valence-electron chi connectivity index (χ0n) is 15.3. The number of anilines is 1. The number of primary sulfonamides is 1. The molecule has 4 N–H and O–H groups in total. The number of fused-ring (bicyclic) bond motifs is 1. The third-order valence-electron chi connectivity index (χ3n) is 5.23. The van der Waals surface area contributed by atoms with Crippen LogP contribution in [0.15, 0.2) is 47.4 Å². The Morgan fingerprint density at radius 3 is 2.71 bits per heavy atom. The Morgan fingerprint density at radius 2 is 1.96 bits per heavy atom. The molecule has 0 spiro atoms. The van der Waals surface area contributed by atoms with Crippen molar-refractivity contribution in [2.45, 2.75) is 37.0 Å². The van der Waals surface area contributed by atoms with Crippen LogP contribution in [0.25, 0.3) is 22.2 Å². The fraction of sp³-hybridized carbons (Fsp3) is 0.300. The first-order valence-corrected chi connectivity index (χ1v) is 10.9. The van der Waals surface area contributed by atoms with Crippen LogP contribution in [0.2, 0.25) is 0 Å². The van der Waals surface area contributed by atoms with Crippen LogP contribution >= 0.6 is 0 Å². The average molecular weight is 398 g/mol. The SMILES string of the molecule is NS(=O)(=O)c1cccc(-c2n[nH]c3ccc(NC(=O)CC4CCCC4)cc23)c1. The normalized spacial score (nSPS) is 15.2. The number of nitrogens with zero attached hydrogens (tertiary/aromatic N) is 1. The molecule has 0 aliphatic heterocycles. The highest BCUT2D eigenvalue weighted by atomic mass is 32.2. The minimum Gasteiger partial charge on any atom is -0.326 e. The van der Waals surface area contributed by atoms with E-state index in [1.807, 2.05) is 18.2 Å². The van der Waals surface area contributed by atoms with Crippen molar-refractivity contribution in [3.63, 3.8) is 0 Å². The number of carbonyl (C=O) groups is 1. The molecule has 1 saturated carbocycles. The first kappa shape index (κ1) is 18.6. The van der Waals surface area contributed by atoms with E-state index in [9.17, 15) is 13.2 Å². The number of aromatic amines is 1. The summed E-state index contributed by atoms with van der Waals surface area (Å²) in [5, 5.41) is 16.3. The van der Waals surface area contributed by atoms with Gasteiger partial charge in [-0.05, 0) is 49.1 Å². The number of rotatable bonds is 5. The Hall–Kier alpha value is -2.71. The molecule has 7 nitrogen and oxygen atoms in total. The second-order valence-electron chi connectivity index (χ2n) is 7.31. The molecule has 1 fully saturated rings. The van der Waals surface area contributed by atoms with E-state index in [4.69, 9.17) is 5.14 Å². The maximum Gasteiger partial charge on any atom is 0.238 e. The van der Waals surface area contributed by atoms with Gasteiger partial charge in [0.15, 0.2) is 0 Å². The van der Waals surface area contributed by atoms with Gasteiger partial charge in [0.2, 0.25) is 15.9 Å². The lowest BCUT2D eigenvalue weighted by molar-refractivity contribution is -0.117. The van der Waals surface area contributed by atoms with E-state index in [1.54, 1.807) is 12.1 Å². The Labute approximate surface area is 163 Å². The molecule has 0 saturated heterocycles. The molecule has 0 unspecified atom stereocenters. The molecule has 1 aliphatic rings. The molecule has 1 amide bonds. The quantitative estimate of drug-likeness (QED) is 0.610. The van der Waals surface area contributed by atoms with E-state index in [0.717, 1.165) is 23.7 Å². The van der Waals surface area contributed by atoms with Crippen molar-refractivity contribution in [2.75, 3.05) is 5.32 Å². The molecular formula is C20H22N4O3S. The van der Waals surface area contributed by atoms with Gasteiger partial charge < -0.3 is 5.32 Å². The number of H-pyrrole nitrogens is 1. The highest BCUT2D eigenvalue weighted by Crippen LogP contribution is 2.31. The minimum atomic E-state index is -3.80. The average Bonchev–Trinajstić information content (AvgIpc) is 3.30. The number of carbonyl (C=O) groups excluding carboxylic acids is 1. The molecular weight excluding hydrogens is 376 g/mol. The molecule has 1 aromatic heterocycles. The first-order valence-electron chi connectivity index (χ1n) is 9.31. The number of nitrogens with two attached hydrogens (primary N) is 1. The van der Waals surface area contributed by atoms with Crippen LogP contribution in [-0.2, 0) is 14.8 Å². The second-order valence-corrected chi connectivity index (χ2v) is 8.87. The Bertz CT molecular complexity index is 1130. The predicted molar refractivity (Wildman–Crippen MR) is 108 cm³/mol. The summed E-state index contributed by atoms with van der Waals surface area (Å²) in [6, 6.07) is 11.9. The highest BCUT2D eigenvalue weighted by molar-refractivity contribution is 7.89. The smallest absolute Gasteiger partial charge is 0.238 e. The third kappa shape index (κ3) is 3.93. The van der Waals surface area contributed by atoms with Gasteiger partial charge in [-0.25, -0.2) is 13.6 Å². The molecule has 1 heterocycles. The van der Waals surface area contributed by atoms with Gasteiger partial charge >= 0.3 is 0 Å². The lowest BCUT2D eigenvalue weighted by Crippen LogP contribution is -2.15. The van der Waals surface area contributed by atoms with Gasteiger partial charge in [0.25, 0.3) is 0 Å². The van der Waals surface area contributed by atoms with Crippen molar-refractivity contribution in [2.24, 2.45) is 11.1 Å². The number of amides is 1. The molecule has 4 rings (SSSR count). The van der Waals surface area contributed by atoms with Crippen LogP contribution in [0.1, 0.15) is 32.1 Å². The summed E-state index contributed by atoms with van der Waals surface area (Å²) in [6.07, 6.45) is 5.21. The fourth-order valence-electron chi connectivity index (χ4n) is 3.82. The summed E-state index contributed by atoms with van der Waals surface area (Å²) in [5.41, 5.74) is 2.73. The minimum absolute atomic E-state index is 0.0208. The Morgan fingerprint density at radius 1 is 1.18 bits per heavy atom. The molecule has 2 aromatic carbocycles. The maximum atomic E-state index is 12.3.